The molecule has 0 bridgehead atoms. The lowest BCUT2D eigenvalue weighted by Crippen LogP contribution is -2.35. The van der Waals surface area contributed by atoms with E-state index < -0.39 is 0 Å². The molecule has 1 aliphatic heterocycles. The summed E-state index contributed by atoms with van der Waals surface area (Å²) >= 11 is 1.67. The van der Waals surface area contributed by atoms with E-state index >= 15 is 0 Å². The van der Waals surface area contributed by atoms with Crippen LogP contribution < -0.4 is 0 Å². The normalized spacial score (nSPS) is 14.2. The lowest BCUT2D eigenvalue weighted by atomic mass is 10.1. The number of rotatable bonds is 3. The highest BCUT2D eigenvalue weighted by atomic mass is 32.2. The van der Waals surface area contributed by atoms with Gasteiger partial charge in [0.25, 0.3) is 0 Å². The monoisotopic (exact) mass is 285 g/mol. The zero-order chi connectivity index (χ0) is 14.4. The highest BCUT2D eigenvalue weighted by Gasteiger charge is 2.19. The minimum atomic E-state index is 0.156. The molecular formula is C15H15N3OS. The van der Waals surface area contributed by atoms with E-state index in [1.165, 1.54) is 0 Å². The van der Waals surface area contributed by atoms with Crippen molar-refractivity contribution in [1.29, 1.82) is 10.5 Å². The second-order valence-electron chi connectivity index (χ2n) is 4.28. The lowest BCUT2D eigenvalue weighted by molar-refractivity contribution is 0.0638. The van der Waals surface area contributed by atoms with Crippen LogP contribution in [0.25, 0.3) is 5.70 Å². The molecule has 2 rings (SSSR count). The van der Waals surface area contributed by atoms with Gasteiger partial charge >= 0.3 is 0 Å². The lowest BCUT2D eigenvalue weighted by Gasteiger charge is -2.31. The summed E-state index contributed by atoms with van der Waals surface area (Å²) in [5, 5.41) is 18.4. The summed E-state index contributed by atoms with van der Waals surface area (Å²) in [6, 6.07) is 12.0. The van der Waals surface area contributed by atoms with Gasteiger partial charge in [-0.3, -0.25) is 0 Å². The van der Waals surface area contributed by atoms with Crippen molar-refractivity contribution in [1.82, 2.24) is 4.90 Å². The maximum absolute atomic E-state index is 9.20. The van der Waals surface area contributed by atoms with Crippen LogP contribution in [0.15, 0.2) is 34.7 Å². The Labute approximate surface area is 123 Å². The van der Waals surface area contributed by atoms with Crippen molar-refractivity contribution in [3.63, 3.8) is 0 Å². The molecule has 0 aromatic heterocycles. The fraction of sp³-hybridized carbons (Fsp3) is 0.333. The molecule has 102 valence electrons. The number of hydrogen-bond acceptors (Lipinski definition) is 5. The van der Waals surface area contributed by atoms with Crippen LogP contribution in [0.3, 0.4) is 0 Å². The molecule has 0 aliphatic carbocycles. The molecule has 1 fully saturated rings. The molecular weight excluding hydrogens is 270 g/mol. The summed E-state index contributed by atoms with van der Waals surface area (Å²) in [5.74, 6) is 0. The van der Waals surface area contributed by atoms with E-state index in [0.717, 1.165) is 10.5 Å². The smallest absolute Gasteiger partial charge is 0.153 e. The molecule has 4 nitrogen and oxygen atoms in total. The van der Waals surface area contributed by atoms with E-state index in [0.29, 0.717) is 32.0 Å². The van der Waals surface area contributed by atoms with Gasteiger partial charge in [0.05, 0.1) is 18.9 Å². The van der Waals surface area contributed by atoms with E-state index in [4.69, 9.17) is 4.74 Å². The van der Waals surface area contributed by atoms with E-state index in [9.17, 15) is 10.5 Å². The van der Waals surface area contributed by atoms with Crippen LogP contribution in [0.5, 0.6) is 0 Å². The summed E-state index contributed by atoms with van der Waals surface area (Å²) < 4.78 is 5.34. The highest BCUT2D eigenvalue weighted by molar-refractivity contribution is 7.98. The average molecular weight is 285 g/mol. The third-order valence-corrected chi connectivity index (χ3v) is 3.89. The van der Waals surface area contributed by atoms with Crippen LogP contribution in [0, 0.1) is 22.7 Å². The minimum Gasteiger partial charge on any atom is -0.378 e. The first-order valence-corrected chi connectivity index (χ1v) is 7.54. The number of hydrogen-bond donors (Lipinski definition) is 0. The third kappa shape index (κ3) is 3.14. The molecule has 20 heavy (non-hydrogen) atoms. The molecule has 5 heteroatoms. The molecule has 0 atom stereocenters. The maximum Gasteiger partial charge on any atom is 0.153 e. The largest absolute Gasteiger partial charge is 0.378 e. The van der Waals surface area contributed by atoms with Gasteiger partial charge in [-0.1, -0.05) is 12.1 Å². The number of ether oxygens (including phenoxy) is 1. The fourth-order valence-corrected chi connectivity index (χ4v) is 2.56. The molecule has 0 N–H and O–H groups in total. The topological polar surface area (TPSA) is 60.0 Å². The molecule has 0 spiro atoms. The Balaban J connectivity index is 2.43. The van der Waals surface area contributed by atoms with Gasteiger partial charge in [-0.2, -0.15) is 10.5 Å². The summed E-state index contributed by atoms with van der Waals surface area (Å²) in [4.78, 5) is 3.21. The van der Waals surface area contributed by atoms with Gasteiger partial charge in [0, 0.05) is 18.0 Å². The summed E-state index contributed by atoms with van der Waals surface area (Å²) in [5.41, 5.74) is 1.78. The van der Waals surface area contributed by atoms with Gasteiger partial charge in [0.15, 0.2) is 5.57 Å². The van der Waals surface area contributed by atoms with Gasteiger partial charge in [-0.15, -0.1) is 11.8 Å². The Morgan fingerprint density at radius 2 is 1.75 bits per heavy atom. The SMILES string of the molecule is CSc1ccc(C(=C(C#N)C#N)N2CCOCC2)cc1. The number of benzene rings is 1. The Kier molecular flexibility index (Phi) is 5.06. The van der Waals surface area contributed by atoms with Crippen LogP contribution in [0.4, 0.5) is 0 Å². The third-order valence-electron chi connectivity index (χ3n) is 3.15. The van der Waals surface area contributed by atoms with Gasteiger partial charge in [-0.25, -0.2) is 0 Å². The van der Waals surface area contributed by atoms with Gasteiger partial charge in [0.1, 0.15) is 12.1 Å². The maximum atomic E-state index is 9.20. The zero-order valence-corrected chi connectivity index (χ0v) is 12.1. The average Bonchev–Trinajstić information content (AvgIpc) is 2.53. The van der Waals surface area contributed by atoms with Gasteiger partial charge < -0.3 is 9.64 Å². The zero-order valence-electron chi connectivity index (χ0n) is 11.3. The van der Waals surface area contributed by atoms with Crippen LogP contribution in [-0.4, -0.2) is 37.5 Å². The van der Waals surface area contributed by atoms with E-state index in [1.54, 1.807) is 11.8 Å². The van der Waals surface area contributed by atoms with Crippen LogP contribution >= 0.6 is 11.8 Å². The molecule has 0 radical (unpaired) electrons. The first-order valence-electron chi connectivity index (χ1n) is 6.31. The van der Waals surface area contributed by atoms with Crippen molar-refractivity contribution in [2.45, 2.75) is 4.90 Å². The number of thioether (sulfide) groups is 1. The fourth-order valence-electron chi connectivity index (χ4n) is 2.15. The Bertz CT molecular complexity index is 559. The predicted octanol–water partition coefficient (Wildman–Crippen LogP) is 2.50. The summed E-state index contributed by atoms with van der Waals surface area (Å²) in [7, 11) is 0. The van der Waals surface area contributed by atoms with Crippen molar-refractivity contribution in [2.24, 2.45) is 0 Å². The van der Waals surface area contributed by atoms with Crippen molar-refractivity contribution in [3.05, 3.63) is 35.4 Å². The van der Waals surface area contributed by atoms with Gasteiger partial charge in [-0.05, 0) is 24.0 Å². The van der Waals surface area contributed by atoms with Gasteiger partial charge in [0.2, 0.25) is 0 Å². The molecule has 0 saturated carbocycles. The molecule has 1 aromatic rings. The highest BCUT2D eigenvalue weighted by Crippen LogP contribution is 2.26. The second-order valence-corrected chi connectivity index (χ2v) is 5.15. The second kappa shape index (κ2) is 7.00. The molecule has 1 aromatic carbocycles. The van der Waals surface area contributed by atoms with Crippen LogP contribution in [0.2, 0.25) is 0 Å². The predicted molar refractivity (Wildman–Crippen MR) is 78.8 cm³/mol. The number of allylic oxidation sites excluding steroid dienone is 1. The quantitative estimate of drug-likeness (QED) is 0.631. The van der Waals surface area contributed by atoms with Crippen molar-refractivity contribution >= 4 is 17.5 Å². The molecule has 1 aliphatic rings. The van der Waals surface area contributed by atoms with Crippen molar-refractivity contribution in [3.8, 4) is 12.1 Å². The van der Waals surface area contributed by atoms with Crippen molar-refractivity contribution < 1.29 is 4.74 Å². The summed E-state index contributed by atoms with van der Waals surface area (Å²) in [6.07, 6.45) is 2.02. The number of morpholine rings is 1. The molecule has 1 saturated heterocycles. The van der Waals surface area contributed by atoms with E-state index in [2.05, 4.69) is 4.90 Å². The molecule has 0 unspecified atom stereocenters. The van der Waals surface area contributed by atoms with Crippen LogP contribution in [0.1, 0.15) is 5.56 Å². The number of nitrogens with zero attached hydrogens (tertiary/aromatic N) is 3. The Hall–Kier alpha value is -1.95. The molecule has 0 amide bonds. The van der Waals surface area contributed by atoms with E-state index in [-0.39, 0.29) is 5.57 Å². The minimum absolute atomic E-state index is 0.156. The Morgan fingerprint density at radius 3 is 2.25 bits per heavy atom. The van der Waals surface area contributed by atoms with Crippen molar-refractivity contribution in [2.75, 3.05) is 32.6 Å². The number of nitriles is 2. The molecule has 1 heterocycles. The van der Waals surface area contributed by atoms with E-state index in [1.807, 2.05) is 42.7 Å². The first-order chi connectivity index (χ1) is 9.80. The van der Waals surface area contributed by atoms with Crippen LogP contribution in [-0.2, 0) is 4.74 Å². The summed E-state index contributed by atoms with van der Waals surface area (Å²) in [6.45, 7) is 2.64. The first kappa shape index (κ1) is 14.5. The standard InChI is InChI=1S/C15H15N3OS/c1-20-14-4-2-12(3-5-14)15(13(10-16)11-17)18-6-8-19-9-7-18/h2-5H,6-9H2,1H3. The Morgan fingerprint density at radius 1 is 1.15 bits per heavy atom.